The predicted molar refractivity (Wildman–Crippen MR) is 103 cm³/mol. The monoisotopic (exact) mass is 366 g/mol. The molecule has 0 amide bonds. The van der Waals surface area contributed by atoms with Crippen LogP contribution in [0.5, 0.6) is 17.2 Å². The molecule has 0 spiro atoms. The molecule has 0 atom stereocenters. The molecule has 148 valence electrons. The highest BCUT2D eigenvalue weighted by atomic mass is 16.5. The van der Waals surface area contributed by atoms with Gasteiger partial charge in [0.15, 0.2) is 11.5 Å². The van der Waals surface area contributed by atoms with Crippen molar-refractivity contribution in [3.8, 4) is 17.2 Å². The molecule has 0 aliphatic heterocycles. The molecule has 1 rings (SSSR count). The summed E-state index contributed by atoms with van der Waals surface area (Å²) in [5, 5.41) is 29.3. The van der Waals surface area contributed by atoms with E-state index < -0.39 is 17.5 Å². The summed E-state index contributed by atoms with van der Waals surface area (Å²) in [6, 6.07) is 1.43. The number of ether oxygens (including phenoxy) is 1. The molecule has 0 aliphatic rings. The molecular formula is C21H34O5. The molecule has 0 aromatic heterocycles. The molecule has 0 aliphatic carbocycles. The number of carbonyl (C=O) groups is 1. The smallest absolute Gasteiger partial charge is 0.343 e. The number of phenols is 2. The molecule has 5 heteroatoms. The van der Waals surface area contributed by atoms with E-state index in [1.54, 1.807) is 0 Å². The molecule has 0 heterocycles. The quantitative estimate of drug-likeness (QED) is 0.292. The summed E-state index contributed by atoms with van der Waals surface area (Å²) >= 11 is 0. The molecule has 1 aromatic carbocycles. The summed E-state index contributed by atoms with van der Waals surface area (Å²) in [5.41, 5.74) is 0.313. The molecular weight excluding hydrogens is 332 g/mol. The van der Waals surface area contributed by atoms with Gasteiger partial charge in [-0.05, 0) is 30.9 Å². The van der Waals surface area contributed by atoms with Gasteiger partial charge in [-0.15, -0.1) is 0 Å². The first kappa shape index (κ1) is 22.1. The number of carboxylic acid groups (broad SMARTS) is 1. The minimum atomic E-state index is -1.29. The predicted octanol–water partition coefficient (Wildman–Crippen LogP) is 5.66. The maximum atomic E-state index is 11.6. The van der Waals surface area contributed by atoms with Gasteiger partial charge in [-0.2, -0.15) is 0 Å². The summed E-state index contributed by atoms with van der Waals surface area (Å²) in [5.74, 6) is -2.11. The van der Waals surface area contributed by atoms with Gasteiger partial charge in [0.25, 0.3) is 0 Å². The maximum Gasteiger partial charge on any atom is 0.343 e. The van der Waals surface area contributed by atoms with Crippen molar-refractivity contribution < 1.29 is 24.9 Å². The highest BCUT2D eigenvalue weighted by molar-refractivity contribution is 5.95. The Morgan fingerprint density at radius 1 is 0.923 bits per heavy atom. The van der Waals surface area contributed by atoms with Crippen molar-refractivity contribution in [2.24, 2.45) is 0 Å². The zero-order valence-corrected chi connectivity index (χ0v) is 16.2. The van der Waals surface area contributed by atoms with Crippen molar-refractivity contribution in [2.45, 2.75) is 84.5 Å². The van der Waals surface area contributed by atoms with Crippen LogP contribution in [0.1, 0.15) is 94.0 Å². The van der Waals surface area contributed by atoms with E-state index in [0.29, 0.717) is 18.6 Å². The van der Waals surface area contributed by atoms with E-state index in [1.807, 2.05) is 0 Å². The topological polar surface area (TPSA) is 87.0 Å². The molecule has 3 N–H and O–H groups in total. The van der Waals surface area contributed by atoms with Crippen LogP contribution >= 0.6 is 0 Å². The SMILES string of the molecule is CCCCCCCCCOc1c(CCCCC)cc(O)c(O)c1C(=O)O. The normalized spacial score (nSPS) is 10.8. The number of aromatic hydroxyl groups is 2. The summed E-state index contributed by atoms with van der Waals surface area (Å²) in [4.78, 5) is 11.6. The van der Waals surface area contributed by atoms with Gasteiger partial charge in [-0.1, -0.05) is 65.2 Å². The van der Waals surface area contributed by atoms with Crippen LogP contribution in [0.4, 0.5) is 0 Å². The van der Waals surface area contributed by atoms with Gasteiger partial charge < -0.3 is 20.1 Å². The lowest BCUT2D eigenvalue weighted by molar-refractivity contribution is 0.0687. The lowest BCUT2D eigenvalue weighted by Gasteiger charge is -2.16. The van der Waals surface area contributed by atoms with Gasteiger partial charge in [-0.3, -0.25) is 0 Å². The number of hydrogen-bond donors (Lipinski definition) is 3. The second kappa shape index (κ2) is 12.4. The zero-order valence-electron chi connectivity index (χ0n) is 16.2. The number of rotatable bonds is 14. The molecule has 5 nitrogen and oxygen atoms in total. The van der Waals surface area contributed by atoms with Crippen LogP contribution in [0.25, 0.3) is 0 Å². The third-order valence-corrected chi connectivity index (χ3v) is 4.57. The van der Waals surface area contributed by atoms with Gasteiger partial charge in [-0.25, -0.2) is 4.79 Å². The van der Waals surface area contributed by atoms with Gasteiger partial charge in [0, 0.05) is 0 Å². The zero-order chi connectivity index (χ0) is 19.4. The van der Waals surface area contributed by atoms with Gasteiger partial charge in [0.1, 0.15) is 11.3 Å². The number of benzene rings is 1. The average molecular weight is 366 g/mol. The number of phenolic OH excluding ortho intramolecular Hbond substituents is 1. The van der Waals surface area contributed by atoms with Crippen LogP contribution in [0.3, 0.4) is 0 Å². The maximum absolute atomic E-state index is 11.6. The molecule has 0 radical (unpaired) electrons. The number of aromatic carboxylic acids is 1. The molecule has 0 saturated heterocycles. The second-order valence-corrected chi connectivity index (χ2v) is 6.84. The van der Waals surface area contributed by atoms with E-state index in [1.165, 1.54) is 31.7 Å². The summed E-state index contributed by atoms with van der Waals surface area (Å²) in [6.07, 6.45) is 11.6. The molecule has 1 aromatic rings. The Hall–Kier alpha value is -1.91. The van der Waals surface area contributed by atoms with Crippen LogP contribution in [0.15, 0.2) is 6.07 Å². The van der Waals surface area contributed by atoms with E-state index in [2.05, 4.69) is 13.8 Å². The fraction of sp³-hybridized carbons (Fsp3) is 0.667. The number of hydrogen-bond acceptors (Lipinski definition) is 4. The number of carboxylic acids is 1. The van der Waals surface area contributed by atoms with Crippen molar-refractivity contribution in [1.82, 2.24) is 0 Å². The molecule has 0 saturated carbocycles. The Labute approximate surface area is 157 Å². The van der Waals surface area contributed by atoms with Crippen molar-refractivity contribution in [1.29, 1.82) is 0 Å². The van der Waals surface area contributed by atoms with E-state index in [4.69, 9.17) is 4.74 Å². The van der Waals surface area contributed by atoms with Crippen molar-refractivity contribution >= 4 is 5.97 Å². The summed E-state index contributed by atoms with van der Waals surface area (Å²) in [7, 11) is 0. The Bertz CT molecular complexity index is 554. The average Bonchev–Trinajstić information content (AvgIpc) is 2.60. The molecule has 0 fully saturated rings. The van der Waals surface area contributed by atoms with Crippen molar-refractivity contribution in [3.63, 3.8) is 0 Å². The highest BCUT2D eigenvalue weighted by Gasteiger charge is 2.24. The third-order valence-electron chi connectivity index (χ3n) is 4.57. The summed E-state index contributed by atoms with van der Waals surface area (Å²) < 4.78 is 5.77. The fourth-order valence-electron chi connectivity index (χ4n) is 3.04. The Morgan fingerprint density at radius 2 is 1.50 bits per heavy atom. The first-order valence-corrected chi connectivity index (χ1v) is 9.96. The Balaban J connectivity index is 2.73. The van der Waals surface area contributed by atoms with Crippen LogP contribution < -0.4 is 4.74 Å². The third kappa shape index (κ3) is 7.14. The standard InChI is InChI=1S/C21H34O5/c1-3-5-7-8-9-10-12-14-26-20-16(13-11-6-4-2)15-17(22)19(23)18(20)21(24)25/h15,22-23H,3-14H2,1-2H3,(H,24,25). The van der Waals surface area contributed by atoms with Gasteiger partial charge in [0.05, 0.1) is 6.61 Å². The molecule has 0 bridgehead atoms. The van der Waals surface area contributed by atoms with E-state index >= 15 is 0 Å². The van der Waals surface area contributed by atoms with Crippen LogP contribution in [-0.4, -0.2) is 27.9 Å². The fourth-order valence-corrected chi connectivity index (χ4v) is 3.04. The van der Waals surface area contributed by atoms with Crippen LogP contribution in [0.2, 0.25) is 0 Å². The van der Waals surface area contributed by atoms with Crippen molar-refractivity contribution in [3.05, 3.63) is 17.2 Å². The number of unbranched alkanes of at least 4 members (excludes halogenated alkanes) is 8. The molecule has 0 unspecified atom stereocenters. The van der Waals surface area contributed by atoms with E-state index in [9.17, 15) is 20.1 Å². The largest absolute Gasteiger partial charge is 0.504 e. The highest BCUT2D eigenvalue weighted by Crippen LogP contribution is 2.40. The lowest BCUT2D eigenvalue weighted by Crippen LogP contribution is -2.08. The van der Waals surface area contributed by atoms with Gasteiger partial charge in [0.2, 0.25) is 0 Å². The first-order chi connectivity index (χ1) is 12.5. The Morgan fingerprint density at radius 3 is 2.12 bits per heavy atom. The van der Waals surface area contributed by atoms with E-state index in [0.717, 1.165) is 38.5 Å². The lowest BCUT2D eigenvalue weighted by atomic mass is 10.0. The van der Waals surface area contributed by atoms with Crippen molar-refractivity contribution in [2.75, 3.05) is 6.61 Å². The number of aryl methyl sites for hydroxylation is 1. The van der Waals surface area contributed by atoms with Gasteiger partial charge >= 0.3 is 5.97 Å². The first-order valence-electron chi connectivity index (χ1n) is 9.96. The van der Waals surface area contributed by atoms with Crippen LogP contribution in [0, 0.1) is 0 Å². The minimum Gasteiger partial charge on any atom is -0.504 e. The molecule has 26 heavy (non-hydrogen) atoms. The second-order valence-electron chi connectivity index (χ2n) is 6.84. The Kier molecular flexibility index (Phi) is 10.6. The van der Waals surface area contributed by atoms with Crippen LogP contribution in [-0.2, 0) is 6.42 Å². The summed E-state index contributed by atoms with van der Waals surface area (Å²) in [6.45, 7) is 4.70. The minimum absolute atomic E-state index is 0.204. The van der Waals surface area contributed by atoms with E-state index in [-0.39, 0.29) is 11.3 Å².